The van der Waals surface area contributed by atoms with Crippen molar-refractivity contribution in [2.24, 2.45) is 0 Å². The fraction of sp³-hybridized carbons (Fsp3) is 0.125. The Bertz CT molecular complexity index is 312. The molecule has 0 fully saturated rings. The molecule has 4 heteroatoms. The van der Waals surface area contributed by atoms with Crippen molar-refractivity contribution in [3.63, 3.8) is 0 Å². The highest BCUT2D eigenvalue weighted by Gasteiger charge is 2.11. The number of hydrogen-bond donors (Lipinski definition) is 0. The number of aryl methyl sites for hydroxylation is 1. The van der Waals surface area contributed by atoms with E-state index in [1.165, 1.54) is 0 Å². The summed E-state index contributed by atoms with van der Waals surface area (Å²) in [5, 5.41) is 0. The van der Waals surface area contributed by atoms with E-state index in [-0.39, 0.29) is 5.56 Å². The second-order valence-corrected chi connectivity index (χ2v) is 4.29. The number of aldehydes is 1. The van der Waals surface area contributed by atoms with Crippen molar-refractivity contribution in [2.75, 3.05) is 0 Å². The molecule has 12 heavy (non-hydrogen) atoms. The summed E-state index contributed by atoms with van der Waals surface area (Å²) in [7, 11) is 0. The topological polar surface area (TPSA) is 17.1 Å². The Balaban J connectivity index is 3.52. The Morgan fingerprint density at radius 3 is 2.75 bits per heavy atom. The maximum absolute atomic E-state index is 13.2. The van der Waals surface area contributed by atoms with E-state index < -0.39 is 5.82 Å². The van der Waals surface area contributed by atoms with Gasteiger partial charge in [0.15, 0.2) is 6.29 Å². The molecule has 0 spiro atoms. The quantitative estimate of drug-likeness (QED) is 0.435. The summed E-state index contributed by atoms with van der Waals surface area (Å²) in [6.07, 6.45) is 0.522. The average Bonchev–Trinajstić information content (AvgIpc) is 2.02. The highest BCUT2D eigenvalue weighted by molar-refractivity contribution is 14.1. The summed E-state index contributed by atoms with van der Waals surface area (Å²) in [6.45, 7) is 1.64. The van der Waals surface area contributed by atoms with Crippen LogP contribution in [0.5, 0.6) is 0 Å². The van der Waals surface area contributed by atoms with Crippen molar-refractivity contribution in [1.29, 1.82) is 0 Å². The van der Waals surface area contributed by atoms with Crippen LogP contribution in [-0.4, -0.2) is 6.29 Å². The van der Waals surface area contributed by atoms with Crippen LogP contribution in [0.15, 0.2) is 10.5 Å². The lowest BCUT2D eigenvalue weighted by Gasteiger charge is -2.04. The third-order valence-electron chi connectivity index (χ3n) is 1.49. The van der Waals surface area contributed by atoms with Crippen LogP contribution < -0.4 is 0 Å². The van der Waals surface area contributed by atoms with Gasteiger partial charge in [-0.2, -0.15) is 0 Å². The maximum atomic E-state index is 13.2. The minimum atomic E-state index is -0.447. The molecule has 0 aliphatic carbocycles. The van der Waals surface area contributed by atoms with E-state index in [1.807, 2.05) is 22.6 Å². The van der Waals surface area contributed by atoms with Gasteiger partial charge in [-0.05, 0) is 57.1 Å². The summed E-state index contributed by atoms with van der Waals surface area (Å²) in [5.74, 6) is -0.447. The lowest BCUT2D eigenvalue weighted by atomic mass is 10.1. The zero-order chi connectivity index (χ0) is 9.30. The van der Waals surface area contributed by atoms with E-state index in [0.29, 0.717) is 16.3 Å². The normalized spacial score (nSPS) is 10.0. The molecular formula is C8H5BrFIO. The van der Waals surface area contributed by atoms with E-state index in [9.17, 15) is 9.18 Å². The molecule has 0 aromatic heterocycles. The van der Waals surface area contributed by atoms with Crippen LogP contribution in [0.4, 0.5) is 4.39 Å². The van der Waals surface area contributed by atoms with Crippen LogP contribution >= 0.6 is 38.5 Å². The van der Waals surface area contributed by atoms with E-state index in [0.717, 1.165) is 3.57 Å². The second-order valence-electron chi connectivity index (χ2n) is 2.33. The van der Waals surface area contributed by atoms with E-state index in [1.54, 1.807) is 13.0 Å². The first-order valence-corrected chi connectivity index (χ1v) is 5.04. The molecule has 64 valence electrons. The maximum Gasteiger partial charge on any atom is 0.154 e. The number of rotatable bonds is 1. The number of carbonyl (C=O) groups is 1. The number of halogens is 3. The van der Waals surface area contributed by atoms with Gasteiger partial charge in [0.2, 0.25) is 0 Å². The molecule has 0 N–H and O–H groups in total. The second kappa shape index (κ2) is 3.83. The Kier molecular flexibility index (Phi) is 3.22. The summed E-state index contributed by atoms with van der Waals surface area (Å²) in [6, 6.07) is 1.69. The fourth-order valence-corrected chi connectivity index (χ4v) is 2.00. The zero-order valence-corrected chi connectivity index (χ0v) is 9.94. The molecule has 0 saturated heterocycles. The largest absolute Gasteiger partial charge is 0.298 e. The molecule has 1 nitrogen and oxygen atoms in total. The fourth-order valence-electron chi connectivity index (χ4n) is 0.858. The minimum Gasteiger partial charge on any atom is -0.298 e. The monoisotopic (exact) mass is 342 g/mol. The molecule has 0 bridgehead atoms. The van der Waals surface area contributed by atoms with Crippen LogP contribution in [0.1, 0.15) is 15.9 Å². The standard InChI is InChI=1S/C8H5BrFIO/c1-4-2-6(11)7(9)5(3-12)8(4)10/h2-3H,1H3. The van der Waals surface area contributed by atoms with Crippen molar-refractivity contribution in [2.45, 2.75) is 6.92 Å². The first-order valence-electron chi connectivity index (χ1n) is 3.17. The van der Waals surface area contributed by atoms with Crippen molar-refractivity contribution in [1.82, 2.24) is 0 Å². The van der Waals surface area contributed by atoms with Crippen LogP contribution in [0, 0.1) is 16.3 Å². The molecule has 1 rings (SSSR count). The molecule has 0 heterocycles. The molecule has 0 unspecified atom stereocenters. The zero-order valence-electron chi connectivity index (χ0n) is 6.20. The Morgan fingerprint density at radius 2 is 2.25 bits per heavy atom. The molecule has 1 aromatic rings. The van der Waals surface area contributed by atoms with E-state index in [2.05, 4.69) is 15.9 Å². The minimum absolute atomic E-state index is 0.0967. The molecular weight excluding hydrogens is 338 g/mol. The van der Waals surface area contributed by atoms with Gasteiger partial charge in [0.1, 0.15) is 5.82 Å². The van der Waals surface area contributed by atoms with Crippen molar-refractivity contribution < 1.29 is 9.18 Å². The number of carbonyl (C=O) groups excluding carboxylic acids is 1. The smallest absolute Gasteiger partial charge is 0.154 e. The first kappa shape index (κ1) is 10.1. The van der Waals surface area contributed by atoms with Gasteiger partial charge in [0, 0.05) is 8.04 Å². The Labute approximate surface area is 91.6 Å². The third-order valence-corrected chi connectivity index (χ3v) is 3.94. The van der Waals surface area contributed by atoms with Gasteiger partial charge in [0.05, 0.1) is 5.56 Å². The SMILES string of the molecule is Cc1cc(I)c(Br)c(C=O)c1F. The van der Waals surface area contributed by atoms with Gasteiger partial charge >= 0.3 is 0 Å². The van der Waals surface area contributed by atoms with Gasteiger partial charge < -0.3 is 0 Å². The van der Waals surface area contributed by atoms with Gasteiger partial charge in [-0.1, -0.05) is 0 Å². The van der Waals surface area contributed by atoms with E-state index >= 15 is 0 Å². The molecule has 0 amide bonds. The Morgan fingerprint density at radius 1 is 1.67 bits per heavy atom. The highest BCUT2D eigenvalue weighted by Crippen LogP contribution is 2.26. The van der Waals surface area contributed by atoms with Crippen LogP contribution in [0.25, 0.3) is 0 Å². The van der Waals surface area contributed by atoms with Gasteiger partial charge in [-0.15, -0.1) is 0 Å². The van der Waals surface area contributed by atoms with Crippen molar-refractivity contribution in [3.05, 3.63) is 31.1 Å². The lowest BCUT2D eigenvalue weighted by Crippen LogP contribution is -1.95. The van der Waals surface area contributed by atoms with E-state index in [4.69, 9.17) is 0 Å². The molecule has 0 radical (unpaired) electrons. The summed E-state index contributed by atoms with van der Waals surface area (Å²) >= 11 is 5.19. The summed E-state index contributed by atoms with van der Waals surface area (Å²) in [5.41, 5.74) is 0.587. The van der Waals surface area contributed by atoms with Crippen LogP contribution in [0.2, 0.25) is 0 Å². The predicted octanol–water partition coefficient (Wildman–Crippen LogP) is 3.31. The first-order chi connectivity index (χ1) is 5.57. The van der Waals surface area contributed by atoms with Gasteiger partial charge in [0.25, 0.3) is 0 Å². The molecule has 0 aliphatic rings. The average molecular weight is 343 g/mol. The van der Waals surface area contributed by atoms with Crippen molar-refractivity contribution >= 4 is 44.8 Å². The molecule has 0 atom stereocenters. The predicted molar refractivity (Wildman–Crippen MR) is 56.9 cm³/mol. The van der Waals surface area contributed by atoms with Gasteiger partial charge in [-0.3, -0.25) is 4.79 Å². The lowest BCUT2D eigenvalue weighted by molar-refractivity contribution is 0.111. The van der Waals surface area contributed by atoms with Crippen LogP contribution in [0.3, 0.4) is 0 Å². The van der Waals surface area contributed by atoms with Gasteiger partial charge in [-0.25, -0.2) is 4.39 Å². The third kappa shape index (κ3) is 1.69. The highest BCUT2D eigenvalue weighted by atomic mass is 127. The summed E-state index contributed by atoms with van der Waals surface area (Å²) < 4.78 is 14.5. The Hall–Kier alpha value is 0.0300. The number of hydrogen-bond acceptors (Lipinski definition) is 1. The molecule has 1 aromatic carbocycles. The van der Waals surface area contributed by atoms with Crippen molar-refractivity contribution in [3.8, 4) is 0 Å². The summed E-state index contributed by atoms with van der Waals surface area (Å²) in [4.78, 5) is 10.5. The van der Waals surface area contributed by atoms with Crippen LogP contribution in [-0.2, 0) is 0 Å². The molecule has 0 saturated carbocycles. The number of benzene rings is 1. The molecule has 0 aliphatic heterocycles.